The van der Waals surface area contributed by atoms with E-state index < -0.39 is 22.6 Å². The van der Waals surface area contributed by atoms with Crippen LogP contribution in [0.15, 0.2) is 164 Å². The molecule has 3 spiro atoms. The largest absolute Gasteiger partial charge is 0.497 e. The molecule has 9 aromatic rings. The Morgan fingerprint density at radius 3 is 1.70 bits per heavy atom. The van der Waals surface area contributed by atoms with Crippen molar-refractivity contribution < 1.29 is 72.3 Å². The number of ether oxygens (including phenoxy) is 11. The third-order valence-electron chi connectivity index (χ3n) is 19.6. The Morgan fingerprint density at radius 2 is 1.09 bits per heavy atom. The number of amides is 3. The van der Waals surface area contributed by atoms with Gasteiger partial charge in [0.15, 0.2) is 51.4 Å². The lowest BCUT2D eigenvalue weighted by Crippen LogP contribution is -2.50. The van der Waals surface area contributed by atoms with Gasteiger partial charge in [-0.25, -0.2) is 9.37 Å². The van der Waals surface area contributed by atoms with Crippen molar-refractivity contribution in [3.63, 3.8) is 0 Å². The number of halogens is 2. The van der Waals surface area contributed by atoms with Crippen LogP contribution in [0.5, 0.6) is 51.7 Å². The van der Waals surface area contributed by atoms with Crippen LogP contribution in [0.3, 0.4) is 0 Å². The molecule has 5 aromatic carbocycles. The first-order valence-electron chi connectivity index (χ1n) is 33.2. The van der Waals surface area contributed by atoms with E-state index in [9.17, 15) is 18.8 Å². The summed E-state index contributed by atoms with van der Waals surface area (Å²) in [5.74, 6) is 5.04. The van der Waals surface area contributed by atoms with Crippen LogP contribution in [0.25, 0.3) is 17.2 Å². The molecule has 99 heavy (non-hydrogen) atoms. The number of benzene rings is 5. The summed E-state index contributed by atoms with van der Waals surface area (Å²) in [6, 6.07) is 43.1. The topological polar surface area (TPSA) is 190 Å². The molecule has 16 rings (SSSR count). The number of hydrogen-bond acceptors (Lipinski definition) is 15. The zero-order chi connectivity index (χ0) is 68.4. The van der Waals surface area contributed by atoms with Gasteiger partial charge in [-0.1, -0.05) is 23.7 Å². The average molecular weight is 1370 g/mol. The maximum Gasteiger partial charge on any atom is 0.256 e. The van der Waals surface area contributed by atoms with E-state index in [0.29, 0.717) is 143 Å². The van der Waals surface area contributed by atoms with Crippen molar-refractivity contribution in [2.24, 2.45) is 0 Å². The molecular weight excluding hydrogens is 1290 g/mol. The molecule has 1 atom stereocenters. The molecule has 7 aliphatic heterocycles. The minimum atomic E-state index is -0.643. The Morgan fingerprint density at radius 1 is 0.535 bits per heavy atom. The van der Waals surface area contributed by atoms with E-state index in [0.717, 1.165) is 57.9 Å². The first kappa shape index (κ1) is 66.1. The van der Waals surface area contributed by atoms with Crippen LogP contribution in [-0.4, -0.2) is 158 Å². The molecule has 0 radical (unpaired) electrons. The number of nitrogens with zero attached hydrogens (tertiary/aromatic N) is 7. The molecule has 23 heteroatoms. The zero-order valence-corrected chi connectivity index (χ0v) is 56.5. The monoisotopic (exact) mass is 1370 g/mol. The Kier molecular flexibility index (Phi) is 18.7. The molecule has 4 saturated heterocycles. The smallest absolute Gasteiger partial charge is 0.256 e. The van der Waals surface area contributed by atoms with Crippen molar-refractivity contribution in [2.75, 3.05) is 101 Å². The molecule has 0 bridgehead atoms. The fraction of sp³-hybridized carbons (Fsp3) is 0.342. The number of para-hydroxylation sites is 2. The van der Waals surface area contributed by atoms with Gasteiger partial charge in [-0.15, -0.1) is 0 Å². The van der Waals surface area contributed by atoms with Gasteiger partial charge in [-0.3, -0.25) is 19.0 Å². The lowest BCUT2D eigenvalue weighted by molar-refractivity contribution is -0.0102. The van der Waals surface area contributed by atoms with Crippen molar-refractivity contribution in [3.8, 4) is 68.9 Å². The van der Waals surface area contributed by atoms with Crippen LogP contribution in [0.1, 0.15) is 94.5 Å². The van der Waals surface area contributed by atoms with Gasteiger partial charge in [-0.2, -0.15) is 0 Å². The average Bonchev–Trinajstić information content (AvgIpc) is 1.41. The van der Waals surface area contributed by atoms with Crippen LogP contribution in [0, 0.1) is 5.82 Å². The molecule has 7 aliphatic rings. The van der Waals surface area contributed by atoms with Crippen molar-refractivity contribution in [1.82, 2.24) is 33.4 Å². The second-order valence-electron chi connectivity index (χ2n) is 25.3. The maximum atomic E-state index is 14.9. The highest BCUT2D eigenvalue weighted by Gasteiger charge is 2.48. The van der Waals surface area contributed by atoms with Gasteiger partial charge in [0.2, 0.25) is 0 Å². The predicted molar refractivity (Wildman–Crippen MR) is 367 cm³/mol. The molecule has 11 heterocycles. The predicted octanol–water partition coefficient (Wildman–Crippen LogP) is 12.7. The highest BCUT2D eigenvalue weighted by molar-refractivity contribution is 6.30. The summed E-state index contributed by atoms with van der Waals surface area (Å²) in [5, 5.41) is 0.643. The molecule has 0 aliphatic carbocycles. The van der Waals surface area contributed by atoms with E-state index in [1.807, 2.05) is 113 Å². The van der Waals surface area contributed by atoms with Gasteiger partial charge in [0, 0.05) is 152 Å². The number of carbonyl (C=O) groups excluding carboxylic acids is 3. The second kappa shape index (κ2) is 28.0. The van der Waals surface area contributed by atoms with Crippen LogP contribution in [-0.2, 0) is 26.3 Å². The zero-order valence-electron chi connectivity index (χ0n) is 55.8. The number of rotatable bonds is 13. The SMILES string of the molecule is COCCOc1cc(F)c(C(=O)N2CCC3(CC2)Oc2ccccc2-n2cccc23)cc1OC.COc1cc(C(=O)N2CCC3(CC2)Oc2cccnc2-n2cccc23)ccc1O[C@@H]1CCOC1.COc1cc(OC)cc(C(=O)N2CCC3(CC2)Oc2cc(Cl)ccc2-n2cccc23)c1.[HH]. The normalized spacial score (nSPS) is 17.6. The van der Waals surface area contributed by atoms with Crippen LogP contribution >= 0.6 is 11.6 Å². The number of aromatic nitrogens is 4. The molecule has 4 aromatic heterocycles. The van der Waals surface area contributed by atoms with Gasteiger partial charge in [0.25, 0.3) is 17.7 Å². The molecule has 0 saturated carbocycles. The number of likely N-dealkylation sites (tertiary alicyclic amines) is 3. The Labute approximate surface area is 579 Å². The highest BCUT2D eigenvalue weighted by Crippen LogP contribution is 2.49. The van der Waals surface area contributed by atoms with Gasteiger partial charge in [-0.05, 0) is 109 Å². The number of fused-ring (bicyclic) bond motifs is 12. The number of hydrogen-bond donors (Lipinski definition) is 0. The number of carbonyl (C=O) groups is 3. The van der Waals surface area contributed by atoms with E-state index in [1.54, 1.807) is 63.8 Å². The summed E-state index contributed by atoms with van der Waals surface area (Å²) in [6.45, 7) is 5.13. The minimum absolute atomic E-state index is 0. The van der Waals surface area contributed by atoms with E-state index in [1.165, 1.54) is 19.2 Å². The first-order chi connectivity index (χ1) is 48.2. The summed E-state index contributed by atoms with van der Waals surface area (Å²) in [4.78, 5) is 49.7. The fourth-order valence-electron chi connectivity index (χ4n) is 14.4. The van der Waals surface area contributed by atoms with Crippen LogP contribution in [0.4, 0.5) is 4.39 Å². The van der Waals surface area contributed by atoms with Crippen molar-refractivity contribution in [1.29, 1.82) is 0 Å². The van der Waals surface area contributed by atoms with Crippen molar-refractivity contribution >= 4 is 29.3 Å². The molecule has 0 unspecified atom stereocenters. The number of piperidine rings is 3. The van der Waals surface area contributed by atoms with Gasteiger partial charge < -0.3 is 75.9 Å². The van der Waals surface area contributed by atoms with Gasteiger partial charge >= 0.3 is 0 Å². The summed E-state index contributed by atoms with van der Waals surface area (Å²) in [6.07, 6.45) is 12.8. The Balaban J connectivity index is 0.000000134. The lowest BCUT2D eigenvalue weighted by atomic mass is 9.86. The second-order valence-corrected chi connectivity index (χ2v) is 25.7. The van der Waals surface area contributed by atoms with E-state index >= 15 is 0 Å². The first-order valence-corrected chi connectivity index (χ1v) is 33.6. The molecule has 0 N–H and O–H groups in total. The summed E-state index contributed by atoms with van der Waals surface area (Å²) in [5.41, 5.74) is 4.90. The number of methoxy groups -OCH3 is 5. The van der Waals surface area contributed by atoms with Gasteiger partial charge in [0.1, 0.15) is 41.5 Å². The van der Waals surface area contributed by atoms with E-state index in [4.69, 9.17) is 63.7 Å². The standard InChI is InChI=1S/C26H27FN2O5.C26H27N3O5.C24H23ClN2O4.H2/c1-31-14-15-33-23-17-19(27)18(16-22(23)32-2)25(30)28-12-9-26(10-13-28)24-8-5-11-29(24)20-6-3-4-7-21(20)34-26;1-31-22-16-18(6-7-20(22)33-19-8-15-32-17-19)25(30)28-13-9-26(10-14-28)23-5-3-12-29(23)24-21(34-26)4-2-11-27-24;1-29-18-12-16(13-19(15-18)30-2)23(28)26-10-7-24(8-11-26)22-4-3-9-27(22)20-6-5-17(25)14-21(20)31-24;/h3-8,11,16-17H,9-10,12-15H2,1-2H3;2-7,11-12,16,19H,8-10,13-15,17H2,1H3;3-6,9,12-15H,7-8,10-11H2,1-2H3;1H/t;19-;;/m.1../s1. The summed E-state index contributed by atoms with van der Waals surface area (Å²) in [7, 11) is 7.76. The van der Waals surface area contributed by atoms with Crippen molar-refractivity contribution in [3.05, 3.63) is 209 Å². The molecule has 516 valence electrons. The Bertz CT molecular complexity index is 4430. The van der Waals surface area contributed by atoms with Crippen molar-refractivity contribution in [2.45, 2.75) is 67.9 Å². The van der Waals surface area contributed by atoms with E-state index in [2.05, 4.69) is 36.9 Å². The molecule has 3 amide bonds. The lowest BCUT2D eigenvalue weighted by Gasteiger charge is -2.45. The van der Waals surface area contributed by atoms with Gasteiger partial charge in [0.05, 0.1) is 82.3 Å². The van der Waals surface area contributed by atoms with Crippen LogP contribution in [0.2, 0.25) is 5.02 Å². The van der Waals surface area contributed by atoms with Crippen LogP contribution < -0.4 is 42.6 Å². The molecule has 21 nitrogen and oxygen atoms in total. The maximum absolute atomic E-state index is 14.9. The van der Waals surface area contributed by atoms with E-state index in [-0.39, 0.29) is 43.2 Å². The highest BCUT2D eigenvalue weighted by atomic mass is 35.5. The summed E-state index contributed by atoms with van der Waals surface area (Å²) >= 11 is 6.22. The molecule has 4 fully saturated rings. The Hall–Kier alpha value is -10.2. The third-order valence-corrected chi connectivity index (χ3v) is 19.9. The molecular formula is C76H79ClFN7O14. The third kappa shape index (κ3) is 12.8. The minimum Gasteiger partial charge on any atom is -0.497 e. The quantitative estimate of drug-likeness (QED) is 0.0990. The fourth-order valence-corrected chi connectivity index (χ4v) is 14.6. The summed E-state index contributed by atoms with van der Waals surface area (Å²) < 4.78 is 84.3. The number of pyridine rings is 1.